The molecule has 1 aliphatic carbocycles. The van der Waals surface area contributed by atoms with Gasteiger partial charge in [0.2, 0.25) is 0 Å². The molecule has 1 aromatic heterocycles. The Morgan fingerprint density at radius 2 is 2.12 bits per heavy atom. The summed E-state index contributed by atoms with van der Waals surface area (Å²) in [6, 6.07) is 0. The van der Waals surface area contributed by atoms with Crippen LogP contribution in [-0.2, 0) is 12.8 Å². The van der Waals surface area contributed by atoms with Crippen LogP contribution in [0.2, 0.25) is 0 Å². The van der Waals surface area contributed by atoms with Crippen LogP contribution < -0.4 is 0 Å². The number of rotatable bonds is 1. The van der Waals surface area contributed by atoms with Gasteiger partial charge in [-0.25, -0.2) is 0 Å². The van der Waals surface area contributed by atoms with Gasteiger partial charge in [0.05, 0.1) is 6.10 Å². The van der Waals surface area contributed by atoms with Crippen LogP contribution in [0.3, 0.4) is 0 Å². The predicted molar refractivity (Wildman–Crippen MR) is 57.1 cm³/mol. The van der Waals surface area contributed by atoms with Crippen molar-refractivity contribution in [3.63, 3.8) is 0 Å². The summed E-state index contributed by atoms with van der Waals surface area (Å²) in [6.07, 6.45) is 3.90. The first-order valence-electron chi connectivity index (χ1n) is 5.79. The number of hydrogen-bond acceptors (Lipinski definition) is 3. The van der Waals surface area contributed by atoms with Crippen LogP contribution in [0.5, 0.6) is 0 Å². The van der Waals surface area contributed by atoms with E-state index in [9.17, 15) is 9.90 Å². The molecule has 1 fully saturated rings. The molecule has 0 unspecified atom stereocenters. The van der Waals surface area contributed by atoms with Gasteiger partial charge in [0.1, 0.15) is 0 Å². The minimum Gasteiger partial charge on any atom is -0.389 e. The van der Waals surface area contributed by atoms with Crippen LogP contribution in [0.25, 0.3) is 0 Å². The van der Waals surface area contributed by atoms with E-state index in [0.717, 1.165) is 30.5 Å². The lowest BCUT2D eigenvalue weighted by atomic mass is 9.95. The maximum absolute atomic E-state index is 12.0. The number of aliphatic hydroxyl groups is 1. The monoisotopic (exact) mass is 221 g/mol. The molecule has 5 nitrogen and oxygen atoms in total. The van der Waals surface area contributed by atoms with Crippen molar-refractivity contribution in [2.75, 3.05) is 13.1 Å². The van der Waals surface area contributed by atoms with Gasteiger partial charge in [0, 0.05) is 24.3 Å². The molecule has 0 bridgehead atoms. The highest BCUT2D eigenvalue weighted by Crippen LogP contribution is 2.24. The van der Waals surface area contributed by atoms with E-state index in [1.807, 2.05) is 0 Å². The molecule has 1 aromatic rings. The van der Waals surface area contributed by atoms with E-state index in [-0.39, 0.29) is 12.0 Å². The van der Waals surface area contributed by atoms with Crippen LogP contribution in [0, 0.1) is 0 Å². The summed E-state index contributed by atoms with van der Waals surface area (Å²) in [5.41, 5.74) is 2.79. The zero-order chi connectivity index (χ0) is 11.1. The number of H-pyrrole nitrogens is 1. The zero-order valence-electron chi connectivity index (χ0n) is 9.07. The number of hydrogen-bond donors (Lipinski definition) is 2. The lowest BCUT2D eigenvalue weighted by Gasteiger charge is -2.35. The van der Waals surface area contributed by atoms with Gasteiger partial charge < -0.3 is 10.0 Å². The van der Waals surface area contributed by atoms with Crippen molar-refractivity contribution in [1.29, 1.82) is 0 Å². The fraction of sp³-hybridized carbons (Fsp3) is 0.636. The second kappa shape index (κ2) is 3.59. The number of aliphatic hydroxyl groups excluding tert-OH is 1. The van der Waals surface area contributed by atoms with E-state index in [2.05, 4.69) is 10.2 Å². The number of aryl methyl sites for hydroxylation is 1. The number of likely N-dealkylation sites (tertiary alicyclic amines) is 1. The number of fused-ring (bicyclic) bond motifs is 1. The van der Waals surface area contributed by atoms with Gasteiger partial charge in [-0.1, -0.05) is 0 Å². The quantitative estimate of drug-likeness (QED) is 0.707. The van der Waals surface area contributed by atoms with Crippen molar-refractivity contribution < 1.29 is 9.90 Å². The van der Waals surface area contributed by atoms with Gasteiger partial charge in [-0.2, -0.15) is 5.10 Å². The first-order valence-corrected chi connectivity index (χ1v) is 5.79. The molecule has 1 aliphatic heterocycles. The highest BCUT2D eigenvalue weighted by molar-refractivity contribution is 5.94. The Kier molecular flexibility index (Phi) is 2.21. The van der Waals surface area contributed by atoms with Crippen LogP contribution in [0.1, 0.15) is 34.6 Å². The molecular weight excluding hydrogens is 206 g/mol. The number of amides is 1. The Morgan fingerprint density at radius 1 is 1.38 bits per heavy atom. The van der Waals surface area contributed by atoms with Crippen molar-refractivity contribution >= 4 is 5.91 Å². The van der Waals surface area contributed by atoms with Gasteiger partial charge in [0.15, 0.2) is 5.69 Å². The highest BCUT2D eigenvalue weighted by atomic mass is 16.3. The van der Waals surface area contributed by atoms with E-state index in [4.69, 9.17) is 0 Å². The Labute approximate surface area is 93.5 Å². The van der Waals surface area contributed by atoms with Crippen molar-refractivity contribution in [2.45, 2.75) is 31.8 Å². The number of nitrogens with one attached hydrogen (secondary N) is 1. The molecule has 2 aliphatic rings. The number of aromatic amines is 1. The third-order valence-electron chi connectivity index (χ3n) is 3.41. The molecule has 2 N–H and O–H groups in total. The molecule has 3 rings (SSSR count). The van der Waals surface area contributed by atoms with Gasteiger partial charge in [-0.05, 0) is 25.7 Å². The summed E-state index contributed by atoms with van der Waals surface area (Å²) in [6.45, 7) is 0.890. The van der Waals surface area contributed by atoms with E-state index in [0.29, 0.717) is 18.8 Å². The molecule has 2 heterocycles. The smallest absolute Gasteiger partial charge is 0.274 e. The third kappa shape index (κ3) is 1.43. The lowest BCUT2D eigenvalue weighted by molar-refractivity contribution is 0.00542. The molecule has 0 aromatic carbocycles. The Morgan fingerprint density at radius 3 is 2.88 bits per heavy atom. The van der Waals surface area contributed by atoms with Crippen molar-refractivity contribution in [2.24, 2.45) is 0 Å². The Hall–Kier alpha value is -1.36. The van der Waals surface area contributed by atoms with Crippen molar-refractivity contribution in [1.82, 2.24) is 15.1 Å². The Balaban J connectivity index is 1.83. The highest BCUT2D eigenvalue weighted by Gasteiger charge is 2.33. The molecule has 1 amide bonds. The topological polar surface area (TPSA) is 69.2 Å². The molecule has 0 saturated carbocycles. The normalized spacial score (nSPS) is 20.4. The van der Waals surface area contributed by atoms with Gasteiger partial charge in [0.25, 0.3) is 5.91 Å². The zero-order valence-corrected chi connectivity index (χ0v) is 9.07. The third-order valence-corrected chi connectivity index (χ3v) is 3.41. The van der Waals surface area contributed by atoms with E-state index >= 15 is 0 Å². The molecule has 16 heavy (non-hydrogen) atoms. The molecule has 86 valence electrons. The van der Waals surface area contributed by atoms with Crippen LogP contribution in [0.15, 0.2) is 0 Å². The summed E-state index contributed by atoms with van der Waals surface area (Å²) in [5.74, 6) is -0.0373. The van der Waals surface area contributed by atoms with Crippen molar-refractivity contribution in [3.05, 3.63) is 17.0 Å². The number of carbonyl (C=O) groups excluding carboxylic acids is 1. The molecule has 0 radical (unpaired) electrons. The van der Waals surface area contributed by atoms with Gasteiger partial charge in [-0.3, -0.25) is 9.89 Å². The maximum Gasteiger partial charge on any atom is 0.274 e. The summed E-state index contributed by atoms with van der Waals surface area (Å²) in [4.78, 5) is 13.7. The predicted octanol–water partition coefficient (Wildman–Crippen LogP) is 0.105. The summed E-state index contributed by atoms with van der Waals surface area (Å²) >= 11 is 0. The number of aromatic nitrogens is 2. The first-order chi connectivity index (χ1) is 7.75. The first kappa shape index (κ1) is 9.84. The lowest BCUT2D eigenvalue weighted by Crippen LogP contribution is -2.53. The average Bonchev–Trinajstić information content (AvgIpc) is 2.67. The molecule has 1 saturated heterocycles. The minimum atomic E-state index is -0.348. The van der Waals surface area contributed by atoms with Crippen LogP contribution in [0.4, 0.5) is 0 Å². The summed E-state index contributed by atoms with van der Waals surface area (Å²) < 4.78 is 0. The number of nitrogens with zero attached hydrogens (tertiary/aromatic N) is 2. The van der Waals surface area contributed by atoms with Gasteiger partial charge in [-0.15, -0.1) is 0 Å². The molecule has 0 atom stereocenters. The fourth-order valence-corrected chi connectivity index (χ4v) is 2.43. The standard InChI is InChI=1S/C11H15N3O2/c15-7-5-14(6-7)11(16)10-8-3-1-2-4-9(8)12-13-10/h7,15H,1-6H2,(H,12,13). The van der Waals surface area contributed by atoms with E-state index < -0.39 is 0 Å². The molecular formula is C11H15N3O2. The van der Waals surface area contributed by atoms with Crippen LogP contribution in [-0.4, -0.2) is 45.3 Å². The minimum absolute atomic E-state index is 0.0373. The second-order valence-electron chi connectivity index (χ2n) is 4.60. The fourth-order valence-electron chi connectivity index (χ4n) is 2.43. The van der Waals surface area contributed by atoms with E-state index in [1.165, 1.54) is 6.42 Å². The SMILES string of the molecule is O=C(c1n[nH]c2c1CCCC2)N1CC(O)C1. The van der Waals surface area contributed by atoms with Crippen molar-refractivity contribution in [3.8, 4) is 0 Å². The summed E-state index contributed by atoms with van der Waals surface area (Å²) in [5, 5.41) is 16.3. The second-order valence-corrected chi connectivity index (χ2v) is 4.60. The molecule has 5 heteroatoms. The largest absolute Gasteiger partial charge is 0.389 e. The van der Waals surface area contributed by atoms with Crippen LogP contribution >= 0.6 is 0 Å². The summed E-state index contributed by atoms with van der Waals surface area (Å²) in [7, 11) is 0. The number of carbonyl (C=O) groups is 1. The van der Waals surface area contributed by atoms with E-state index in [1.54, 1.807) is 4.90 Å². The average molecular weight is 221 g/mol. The molecule has 0 spiro atoms. The maximum atomic E-state index is 12.0. The number of β-amino-alcohol motifs (C(OH)–C–C–N with tert-alkyl or cyclic N) is 1. The Bertz CT molecular complexity index is 421. The van der Waals surface area contributed by atoms with Gasteiger partial charge >= 0.3 is 0 Å².